The van der Waals surface area contributed by atoms with Crippen molar-refractivity contribution in [3.05, 3.63) is 23.8 Å². The predicted molar refractivity (Wildman–Crippen MR) is 80.2 cm³/mol. The summed E-state index contributed by atoms with van der Waals surface area (Å²) < 4.78 is 15.2. The molecule has 0 radical (unpaired) electrons. The highest BCUT2D eigenvalue weighted by molar-refractivity contribution is 5.92. The molecule has 0 aliphatic heterocycles. The predicted octanol–water partition coefficient (Wildman–Crippen LogP) is 1.78. The van der Waals surface area contributed by atoms with Crippen molar-refractivity contribution in [2.24, 2.45) is 5.92 Å². The third-order valence-corrected chi connectivity index (χ3v) is 3.67. The second-order valence-electron chi connectivity index (χ2n) is 5.34. The van der Waals surface area contributed by atoms with Crippen LogP contribution >= 0.6 is 0 Å². The molecule has 22 heavy (non-hydrogen) atoms. The molecule has 1 aliphatic carbocycles. The lowest BCUT2D eigenvalue weighted by Crippen LogP contribution is -2.37. The number of benzene rings is 1. The van der Waals surface area contributed by atoms with Crippen LogP contribution in [0.3, 0.4) is 0 Å². The lowest BCUT2D eigenvalue weighted by Gasteiger charge is -2.13. The SMILES string of the molecule is COc1ccc(C(=O)OCC(=O)N[C@@H](C)C2CC2)cc1OC. The summed E-state index contributed by atoms with van der Waals surface area (Å²) in [4.78, 5) is 23.7. The van der Waals surface area contributed by atoms with Crippen molar-refractivity contribution in [3.63, 3.8) is 0 Å². The van der Waals surface area contributed by atoms with E-state index in [1.54, 1.807) is 12.1 Å². The molecule has 1 fully saturated rings. The van der Waals surface area contributed by atoms with Crippen LogP contribution in [0.4, 0.5) is 0 Å². The number of carbonyl (C=O) groups is 2. The van der Waals surface area contributed by atoms with Gasteiger partial charge in [0.25, 0.3) is 5.91 Å². The number of carbonyl (C=O) groups excluding carboxylic acids is 2. The summed E-state index contributed by atoms with van der Waals surface area (Å²) in [5.41, 5.74) is 0.306. The molecular weight excluding hydrogens is 286 g/mol. The fraction of sp³-hybridized carbons (Fsp3) is 0.500. The highest BCUT2D eigenvalue weighted by atomic mass is 16.5. The van der Waals surface area contributed by atoms with Crippen molar-refractivity contribution in [1.82, 2.24) is 5.32 Å². The first kappa shape index (κ1) is 16.1. The largest absolute Gasteiger partial charge is 0.493 e. The highest BCUT2D eigenvalue weighted by Crippen LogP contribution is 2.32. The van der Waals surface area contributed by atoms with E-state index in [0.717, 1.165) is 12.8 Å². The normalized spacial score (nSPS) is 14.9. The second kappa shape index (κ2) is 7.15. The maximum atomic E-state index is 12.0. The van der Waals surface area contributed by atoms with Gasteiger partial charge in [0.15, 0.2) is 18.1 Å². The van der Waals surface area contributed by atoms with Crippen LogP contribution in [0, 0.1) is 5.92 Å². The number of rotatable bonds is 7. The summed E-state index contributed by atoms with van der Waals surface area (Å²) in [6, 6.07) is 4.83. The summed E-state index contributed by atoms with van der Waals surface area (Å²) in [5, 5.41) is 2.83. The van der Waals surface area contributed by atoms with E-state index in [1.807, 2.05) is 6.92 Å². The van der Waals surface area contributed by atoms with E-state index < -0.39 is 5.97 Å². The minimum absolute atomic E-state index is 0.132. The lowest BCUT2D eigenvalue weighted by molar-refractivity contribution is -0.124. The van der Waals surface area contributed by atoms with Crippen molar-refractivity contribution in [1.29, 1.82) is 0 Å². The Morgan fingerprint density at radius 2 is 1.91 bits per heavy atom. The molecule has 120 valence electrons. The molecule has 0 heterocycles. The molecule has 0 aromatic heterocycles. The first-order valence-corrected chi connectivity index (χ1v) is 7.23. The number of nitrogens with one attached hydrogen (secondary N) is 1. The summed E-state index contributed by atoms with van der Waals surface area (Å²) >= 11 is 0. The maximum Gasteiger partial charge on any atom is 0.338 e. The van der Waals surface area contributed by atoms with E-state index >= 15 is 0 Å². The molecular formula is C16H21NO5. The lowest BCUT2D eigenvalue weighted by atomic mass is 10.2. The smallest absolute Gasteiger partial charge is 0.338 e. The molecule has 0 unspecified atom stereocenters. The second-order valence-corrected chi connectivity index (χ2v) is 5.34. The molecule has 1 saturated carbocycles. The zero-order chi connectivity index (χ0) is 16.1. The molecule has 6 heteroatoms. The maximum absolute atomic E-state index is 12.0. The number of hydrogen-bond donors (Lipinski definition) is 1. The van der Waals surface area contributed by atoms with Gasteiger partial charge in [0.05, 0.1) is 19.8 Å². The van der Waals surface area contributed by atoms with Gasteiger partial charge >= 0.3 is 5.97 Å². The van der Waals surface area contributed by atoms with Gasteiger partial charge in [0, 0.05) is 6.04 Å². The first-order valence-electron chi connectivity index (χ1n) is 7.23. The third kappa shape index (κ3) is 4.13. The summed E-state index contributed by atoms with van der Waals surface area (Å²) in [6.45, 7) is 1.68. The minimum atomic E-state index is -0.574. The number of methoxy groups -OCH3 is 2. The Labute approximate surface area is 129 Å². The molecule has 6 nitrogen and oxygen atoms in total. The van der Waals surface area contributed by atoms with Crippen LogP contribution in [0.2, 0.25) is 0 Å². The molecule has 1 N–H and O–H groups in total. The molecule has 1 atom stereocenters. The number of hydrogen-bond acceptors (Lipinski definition) is 5. The van der Waals surface area contributed by atoms with Crippen LogP contribution in [0.5, 0.6) is 11.5 Å². The van der Waals surface area contributed by atoms with Crippen LogP contribution in [0.25, 0.3) is 0 Å². The Morgan fingerprint density at radius 1 is 1.23 bits per heavy atom. The van der Waals surface area contributed by atoms with Gasteiger partial charge in [-0.2, -0.15) is 0 Å². The van der Waals surface area contributed by atoms with Gasteiger partial charge in [-0.25, -0.2) is 4.79 Å². The number of ether oxygens (including phenoxy) is 3. The van der Waals surface area contributed by atoms with Crippen LogP contribution in [-0.2, 0) is 9.53 Å². The van der Waals surface area contributed by atoms with Crippen LogP contribution in [0.15, 0.2) is 18.2 Å². The third-order valence-electron chi connectivity index (χ3n) is 3.67. The Kier molecular flexibility index (Phi) is 5.25. The van der Waals surface area contributed by atoms with Gasteiger partial charge in [0.1, 0.15) is 0 Å². The quantitative estimate of drug-likeness (QED) is 0.777. The molecule has 1 aromatic rings. The standard InChI is InChI=1S/C16H21NO5/c1-10(11-4-5-11)17-15(18)9-22-16(19)12-6-7-13(20-2)14(8-12)21-3/h6-8,10-11H,4-5,9H2,1-3H3,(H,17,18)/t10-/m0/s1. The van der Waals surface area contributed by atoms with Gasteiger partial charge in [-0.05, 0) is 43.9 Å². The molecule has 1 amide bonds. The van der Waals surface area contributed by atoms with E-state index in [4.69, 9.17) is 14.2 Å². The van der Waals surface area contributed by atoms with E-state index in [-0.39, 0.29) is 18.6 Å². The van der Waals surface area contributed by atoms with E-state index in [0.29, 0.717) is 23.0 Å². The molecule has 0 bridgehead atoms. The zero-order valence-corrected chi connectivity index (χ0v) is 13.0. The average Bonchev–Trinajstić information content (AvgIpc) is 3.36. The average molecular weight is 307 g/mol. The van der Waals surface area contributed by atoms with Crippen molar-refractivity contribution in [2.45, 2.75) is 25.8 Å². The zero-order valence-electron chi connectivity index (χ0n) is 13.0. The minimum Gasteiger partial charge on any atom is -0.493 e. The topological polar surface area (TPSA) is 73.9 Å². The van der Waals surface area contributed by atoms with Gasteiger partial charge < -0.3 is 19.5 Å². The van der Waals surface area contributed by atoms with Crippen LogP contribution < -0.4 is 14.8 Å². The Bertz CT molecular complexity index is 553. The Balaban J connectivity index is 1.87. The molecule has 0 spiro atoms. The van der Waals surface area contributed by atoms with E-state index in [2.05, 4.69) is 5.32 Å². The van der Waals surface area contributed by atoms with Gasteiger partial charge in [-0.1, -0.05) is 0 Å². The van der Waals surface area contributed by atoms with Crippen molar-refractivity contribution in [3.8, 4) is 11.5 Å². The monoisotopic (exact) mass is 307 g/mol. The van der Waals surface area contributed by atoms with Crippen molar-refractivity contribution < 1.29 is 23.8 Å². The van der Waals surface area contributed by atoms with Gasteiger partial charge in [0.2, 0.25) is 0 Å². The number of esters is 1. The van der Waals surface area contributed by atoms with Gasteiger partial charge in [-0.3, -0.25) is 4.79 Å². The molecule has 1 aromatic carbocycles. The first-order chi connectivity index (χ1) is 10.5. The Morgan fingerprint density at radius 3 is 2.50 bits per heavy atom. The summed E-state index contributed by atoms with van der Waals surface area (Å²) in [5.74, 6) is 0.660. The summed E-state index contributed by atoms with van der Waals surface area (Å²) in [6.07, 6.45) is 2.29. The Hall–Kier alpha value is -2.24. The highest BCUT2D eigenvalue weighted by Gasteiger charge is 2.29. The number of amides is 1. The fourth-order valence-corrected chi connectivity index (χ4v) is 2.19. The van der Waals surface area contributed by atoms with Crippen LogP contribution in [-0.4, -0.2) is 38.7 Å². The fourth-order valence-electron chi connectivity index (χ4n) is 2.19. The van der Waals surface area contributed by atoms with Gasteiger partial charge in [-0.15, -0.1) is 0 Å². The molecule has 0 saturated heterocycles. The molecule has 1 aliphatic rings. The van der Waals surface area contributed by atoms with Crippen LogP contribution in [0.1, 0.15) is 30.1 Å². The van der Waals surface area contributed by atoms with E-state index in [9.17, 15) is 9.59 Å². The van der Waals surface area contributed by atoms with Crippen molar-refractivity contribution >= 4 is 11.9 Å². The van der Waals surface area contributed by atoms with E-state index in [1.165, 1.54) is 20.3 Å². The summed E-state index contributed by atoms with van der Waals surface area (Å²) in [7, 11) is 3.00. The molecule has 2 rings (SSSR count). The van der Waals surface area contributed by atoms with Crippen molar-refractivity contribution in [2.75, 3.05) is 20.8 Å².